The van der Waals surface area contributed by atoms with Gasteiger partial charge in [-0.2, -0.15) is 0 Å². The summed E-state index contributed by atoms with van der Waals surface area (Å²) >= 11 is 0. The number of hydrogen-bond donors (Lipinski definition) is 0. The fourth-order valence-corrected chi connectivity index (χ4v) is 4.65. The highest BCUT2D eigenvalue weighted by Crippen LogP contribution is 2.36. The second-order valence-corrected chi connectivity index (χ2v) is 8.88. The number of rotatable bonds is 5. The maximum Gasteiger partial charge on any atom is 0.130 e. The van der Waals surface area contributed by atoms with E-state index in [1.54, 1.807) is 0 Å². The van der Waals surface area contributed by atoms with Crippen molar-refractivity contribution < 1.29 is 4.74 Å². The number of hydrogen-bond acceptors (Lipinski definition) is 2. The first-order valence-corrected chi connectivity index (χ1v) is 11.3. The third kappa shape index (κ3) is 4.83. The van der Waals surface area contributed by atoms with E-state index in [9.17, 15) is 0 Å². The smallest absolute Gasteiger partial charge is 0.130 e. The van der Waals surface area contributed by atoms with Crippen LogP contribution in [0.4, 0.5) is 5.69 Å². The molecule has 3 nitrogen and oxygen atoms in total. The van der Waals surface area contributed by atoms with Gasteiger partial charge in [0.25, 0.3) is 0 Å². The molecule has 1 aliphatic heterocycles. The molecule has 0 bridgehead atoms. The number of likely N-dealkylation sites (tertiary alicyclic amines) is 1. The maximum absolute atomic E-state index is 6.21. The van der Waals surface area contributed by atoms with E-state index in [1.165, 1.54) is 50.5 Å². The van der Waals surface area contributed by atoms with Crippen LogP contribution in [0.2, 0.25) is 0 Å². The van der Waals surface area contributed by atoms with E-state index >= 15 is 0 Å². The van der Waals surface area contributed by atoms with Crippen molar-refractivity contribution in [3.05, 3.63) is 53.1 Å². The molecule has 2 aliphatic rings. The largest absolute Gasteiger partial charge is 0.457 e. The molecule has 0 radical (unpaired) electrons. The lowest BCUT2D eigenvalue weighted by Gasteiger charge is -2.31. The van der Waals surface area contributed by atoms with Crippen molar-refractivity contribution in [1.29, 1.82) is 0 Å². The van der Waals surface area contributed by atoms with E-state index in [4.69, 9.17) is 9.73 Å². The third-order valence-electron chi connectivity index (χ3n) is 6.63. The molecule has 1 atom stereocenters. The zero-order valence-corrected chi connectivity index (χ0v) is 18.2. The molecule has 0 aromatic heterocycles. The molecule has 1 aliphatic carbocycles. The molecule has 3 heteroatoms. The second kappa shape index (κ2) is 9.02. The highest BCUT2D eigenvalue weighted by atomic mass is 16.5. The van der Waals surface area contributed by atoms with Crippen molar-refractivity contribution in [2.75, 3.05) is 6.54 Å². The van der Waals surface area contributed by atoms with E-state index in [1.807, 2.05) is 6.34 Å². The van der Waals surface area contributed by atoms with E-state index in [0.717, 1.165) is 40.8 Å². The van der Waals surface area contributed by atoms with Crippen LogP contribution in [-0.4, -0.2) is 23.8 Å². The van der Waals surface area contributed by atoms with Crippen molar-refractivity contribution in [3.63, 3.8) is 0 Å². The van der Waals surface area contributed by atoms with E-state index < -0.39 is 0 Å². The molecule has 2 fully saturated rings. The molecule has 29 heavy (non-hydrogen) atoms. The van der Waals surface area contributed by atoms with Gasteiger partial charge in [0, 0.05) is 12.6 Å². The second-order valence-electron chi connectivity index (χ2n) is 8.88. The normalized spacial score (nSPS) is 20.5. The fraction of sp³-hybridized carbons (Fsp3) is 0.500. The van der Waals surface area contributed by atoms with E-state index in [0.29, 0.717) is 6.04 Å². The number of ether oxygens (including phenoxy) is 1. The Balaban J connectivity index is 1.45. The minimum Gasteiger partial charge on any atom is -0.457 e. The van der Waals surface area contributed by atoms with Crippen molar-refractivity contribution in [2.24, 2.45) is 4.99 Å². The molecule has 0 N–H and O–H groups in total. The van der Waals surface area contributed by atoms with Gasteiger partial charge in [0.2, 0.25) is 0 Å². The molecule has 1 unspecified atom stereocenters. The SMILES string of the molecule is Cc1cc(Oc2ccc(C3CCCC3)cc2)c(C)cc1/N=C/N1CCCCC1C. The Bertz CT molecular complexity index is 850. The maximum atomic E-state index is 6.21. The van der Waals surface area contributed by atoms with Crippen molar-refractivity contribution in [3.8, 4) is 11.5 Å². The Hall–Kier alpha value is -2.29. The summed E-state index contributed by atoms with van der Waals surface area (Å²) in [4.78, 5) is 7.16. The number of nitrogens with zero attached hydrogens (tertiary/aromatic N) is 2. The van der Waals surface area contributed by atoms with Crippen LogP contribution in [0.15, 0.2) is 41.4 Å². The van der Waals surface area contributed by atoms with Crippen LogP contribution in [-0.2, 0) is 0 Å². The Kier molecular flexibility index (Phi) is 6.22. The van der Waals surface area contributed by atoms with Crippen LogP contribution in [0.25, 0.3) is 0 Å². The fourth-order valence-electron chi connectivity index (χ4n) is 4.65. The summed E-state index contributed by atoms with van der Waals surface area (Å²) in [5.74, 6) is 2.57. The van der Waals surface area contributed by atoms with E-state index in [2.05, 4.69) is 62.1 Å². The summed E-state index contributed by atoms with van der Waals surface area (Å²) < 4.78 is 6.21. The quantitative estimate of drug-likeness (QED) is 0.395. The lowest BCUT2D eigenvalue weighted by atomic mass is 9.98. The molecular formula is C26H34N2O. The van der Waals surface area contributed by atoms with Crippen LogP contribution in [0, 0.1) is 13.8 Å². The van der Waals surface area contributed by atoms with Gasteiger partial charge in [-0.3, -0.25) is 0 Å². The van der Waals surface area contributed by atoms with Crippen LogP contribution < -0.4 is 4.74 Å². The first-order chi connectivity index (χ1) is 14.1. The number of piperidine rings is 1. The van der Waals surface area contributed by atoms with Gasteiger partial charge < -0.3 is 9.64 Å². The first kappa shape index (κ1) is 20.0. The van der Waals surface area contributed by atoms with Gasteiger partial charge in [-0.05, 0) is 99.7 Å². The number of benzene rings is 2. The van der Waals surface area contributed by atoms with Crippen LogP contribution >= 0.6 is 0 Å². The molecule has 1 saturated carbocycles. The van der Waals surface area contributed by atoms with Crippen LogP contribution in [0.5, 0.6) is 11.5 Å². The minimum atomic E-state index is 0.587. The van der Waals surface area contributed by atoms with Gasteiger partial charge >= 0.3 is 0 Å². The highest BCUT2D eigenvalue weighted by molar-refractivity contribution is 5.65. The summed E-state index contributed by atoms with van der Waals surface area (Å²) in [5.41, 5.74) is 4.76. The summed E-state index contributed by atoms with van der Waals surface area (Å²) in [5, 5.41) is 0. The summed E-state index contributed by atoms with van der Waals surface area (Å²) in [6, 6.07) is 13.6. The zero-order chi connectivity index (χ0) is 20.2. The van der Waals surface area contributed by atoms with Crippen molar-refractivity contribution in [2.45, 2.75) is 77.7 Å². The average molecular weight is 391 g/mol. The van der Waals surface area contributed by atoms with Gasteiger partial charge in [0.15, 0.2) is 0 Å². The predicted octanol–water partition coefficient (Wildman–Crippen LogP) is 7.29. The van der Waals surface area contributed by atoms with Gasteiger partial charge in [0.05, 0.1) is 12.0 Å². The molecular weight excluding hydrogens is 356 g/mol. The molecule has 0 amide bonds. The van der Waals surface area contributed by atoms with Gasteiger partial charge in [0.1, 0.15) is 11.5 Å². The van der Waals surface area contributed by atoms with Gasteiger partial charge in [-0.15, -0.1) is 0 Å². The highest BCUT2D eigenvalue weighted by Gasteiger charge is 2.17. The molecule has 4 rings (SSSR count). The van der Waals surface area contributed by atoms with Gasteiger partial charge in [-0.25, -0.2) is 4.99 Å². The number of aryl methyl sites for hydroxylation is 2. The summed E-state index contributed by atoms with van der Waals surface area (Å²) in [6.07, 6.45) is 11.3. The molecule has 2 aromatic carbocycles. The zero-order valence-electron chi connectivity index (χ0n) is 18.2. The van der Waals surface area contributed by atoms with Crippen molar-refractivity contribution in [1.82, 2.24) is 4.90 Å². The molecule has 1 heterocycles. The molecule has 154 valence electrons. The van der Waals surface area contributed by atoms with Crippen LogP contribution in [0.3, 0.4) is 0 Å². The Morgan fingerprint density at radius 3 is 2.38 bits per heavy atom. The summed E-state index contributed by atoms with van der Waals surface area (Å²) in [6.45, 7) is 7.62. The molecule has 0 spiro atoms. The third-order valence-corrected chi connectivity index (χ3v) is 6.63. The monoisotopic (exact) mass is 390 g/mol. The minimum absolute atomic E-state index is 0.587. The van der Waals surface area contributed by atoms with Crippen LogP contribution in [0.1, 0.15) is 74.5 Å². The Morgan fingerprint density at radius 2 is 1.66 bits per heavy atom. The Labute approximate surface area is 175 Å². The van der Waals surface area contributed by atoms with Crippen molar-refractivity contribution >= 4 is 12.0 Å². The number of aliphatic imine (C=N–C) groups is 1. The van der Waals surface area contributed by atoms with E-state index in [-0.39, 0.29) is 0 Å². The lowest BCUT2D eigenvalue weighted by Crippen LogP contribution is -2.36. The lowest BCUT2D eigenvalue weighted by molar-refractivity contribution is 0.266. The molecule has 2 aromatic rings. The summed E-state index contributed by atoms with van der Waals surface area (Å²) in [7, 11) is 0. The van der Waals surface area contributed by atoms with Gasteiger partial charge in [-0.1, -0.05) is 25.0 Å². The predicted molar refractivity (Wildman–Crippen MR) is 122 cm³/mol. The topological polar surface area (TPSA) is 24.8 Å². The standard InChI is InChI=1S/C26H34N2O/c1-19-17-26(29-24-13-11-23(12-14-24)22-9-4-5-10-22)20(2)16-25(19)27-18-28-15-7-6-8-21(28)3/h11-14,16-18,21-22H,4-10,15H2,1-3H3/b27-18+. The first-order valence-electron chi connectivity index (χ1n) is 11.3. The molecule has 1 saturated heterocycles. The average Bonchev–Trinajstić information content (AvgIpc) is 3.26. The Morgan fingerprint density at radius 1 is 0.931 bits per heavy atom.